The van der Waals surface area contributed by atoms with Crippen LogP contribution >= 0.6 is 0 Å². The summed E-state index contributed by atoms with van der Waals surface area (Å²) in [6, 6.07) is 0. The molecular weight excluding hydrogens is 273 g/mol. The van der Waals surface area contributed by atoms with Crippen molar-refractivity contribution < 1.29 is 23.1 Å². The second-order valence-electron chi connectivity index (χ2n) is 5.89. The Morgan fingerprint density at radius 2 is 1.95 bits per heavy atom. The Hall–Kier alpha value is -1.11. The summed E-state index contributed by atoms with van der Waals surface area (Å²) in [6.07, 6.45) is -4.59. The maximum Gasteiger partial charge on any atom is 0.438 e. The van der Waals surface area contributed by atoms with E-state index in [0.29, 0.717) is 18.8 Å². The molecule has 0 spiro atoms. The van der Waals surface area contributed by atoms with Crippen molar-refractivity contribution >= 4 is 11.6 Å². The zero-order valence-corrected chi connectivity index (χ0v) is 12.2. The second kappa shape index (κ2) is 5.71. The van der Waals surface area contributed by atoms with Crippen LogP contribution in [0.15, 0.2) is 5.10 Å². The molecule has 0 aromatic carbocycles. The van der Waals surface area contributed by atoms with E-state index in [1.165, 1.54) is 13.8 Å². The summed E-state index contributed by atoms with van der Waals surface area (Å²) in [7, 11) is 0. The monoisotopic (exact) mass is 294 g/mol. The van der Waals surface area contributed by atoms with Gasteiger partial charge in [0.05, 0.1) is 0 Å². The van der Waals surface area contributed by atoms with Gasteiger partial charge in [0.2, 0.25) is 5.91 Å². The molecule has 7 heteroatoms. The first-order valence-corrected chi connectivity index (χ1v) is 6.68. The summed E-state index contributed by atoms with van der Waals surface area (Å²) in [4.78, 5) is 11.8. The third-order valence-corrected chi connectivity index (χ3v) is 3.21. The van der Waals surface area contributed by atoms with Gasteiger partial charge in [-0.1, -0.05) is 27.7 Å². The molecule has 116 valence electrons. The minimum atomic E-state index is -4.93. The third kappa shape index (κ3) is 3.31. The van der Waals surface area contributed by atoms with Crippen LogP contribution in [0.2, 0.25) is 0 Å². The minimum Gasteiger partial charge on any atom is -0.362 e. The molecule has 0 saturated carbocycles. The second-order valence-corrected chi connectivity index (χ2v) is 5.89. The van der Waals surface area contributed by atoms with Gasteiger partial charge in [0, 0.05) is 18.1 Å². The molecule has 0 unspecified atom stereocenters. The number of aliphatic hydroxyl groups is 1. The van der Waals surface area contributed by atoms with Crippen molar-refractivity contribution in [1.29, 1.82) is 0 Å². The first-order valence-electron chi connectivity index (χ1n) is 6.68. The smallest absolute Gasteiger partial charge is 0.362 e. The Kier molecular flexibility index (Phi) is 4.84. The summed E-state index contributed by atoms with van der Waals surface area (Å²) < 4.78 is 39.2. The standard InChI is InChI=1S/C13H21F3N2O2/c1-8(2)5-6-10-7-12(20,13(14,15)16)18(17-10)11(19)9(3)4/h8-9,20H,5-7H2,1-4H3/t12-/m0/s1. The molecule has 0 aliphatic carbocycles. The Morgan fingerprint density at radius 3 is 2.35 bits per heavy atom. The van der Waals surface area contributed by atoms with Crippen LogP contribution < -0.4 is 0 Å². The van der Waals surface area contributed by atoms with Gasteiger partial charge < -0.3 is 5.11 Å². The fourth-order valence-corrected chi connectivity index (χ4v) is 1.91. The van der Waals surface area contributed by atoms with Crippen LogP contribution in [0.5, 0.6) is 0 Å². The number of carbonyl (C=O) groups is 1. The normalized spacial score (nSPS) is 23.7. The lowest BCUT2D eigenvalue weighted by Crippen LogP contribution is -2.57. The van der Waals surface area contributed by atoms with E-state index < -0.39 is 30.1 Å². The molecule has 1 atom stereocenters. The Morgan fingerprint density at radius 1 is 1.40 bits per heavy atom. The average Bonchev–Trinajstić information content (AvgIpc) is 2.63. The van der Waals surface area contributed by atoms with E-state index in [-0.39, 0.29) is 10.7 Å². The van der Waals surface area contributed by atoms with E-state index in [9.17, 15) is 23.1 Å². The number of hydrazone groups is 1. The number of amides is 1. The summed E-state index contributed by atoms with van der Waals surface area (Å²) in [5.41, 5.74) is -2.99. The molecule has 0 bridgehead atoms. The molecule has 1 aliphatic heterocycles. The zero-order chi connectivity index (χ0) is 15.7. The lowest BCUT2D eigenvalue weighted by Gasteiger charge is -2.33. The summed E-state index contributed by atoms with van der Waals surface area (Å²) >= 11 is 0. The molecule has 0 aromatic rings. The van der Waals surface area contributed by atoms with E-state index in [0.717, 1.165) is 0 Å². The van der Waals surface area contributed by atoms with Crippen LogP contribution in [0, 0.1) is 11.8 Å². The highest BCUT2D eigenvalue weighted by molar-refractivity contribution is 5.91. The highest BCUT2D eigenvalue weighted by atomic mass is 19.4. The van der Waals surface area contributed by atoms with Crippen LogP contribution in [0.1, 0.15) is 47.0 Å². The van der Waals surface area contributed by atoms with Crippen LogP contribution in [-0.2, 0) is 4.79 Å². The highest BCUT2D eigenvalue weighted by Gasteiger charge is 2.63. The van der Waals surface area contributed by atoms with Crippen LogP contribution in [0.4, 0.5) is 13.2 Å². The Labute approximate surface area is 116 Å². The first kappa shape index (κ1) is 16.9. The quantitative estimate of drug-likeness (QED) is 0.866. The molecular formula is C13H21F3N2O2. The van der Waals surface area contributed by atoms with Gasteiger partial charge in [0.1, 0.15) is 0 Å². The van der Waals surface area contributed by atoms with Crippen molar-refractivity contribution in [3.8, 4) is 0 Å². The first-order chi connectivity index (χ1) is 8.99. The van der Waals surface area contributed by atoms with Crippen molar-refractivity contribution in [2.24, 2.45) is 16.9 Å². The van der Waals surface area contributed by atoms with Crippen LogP contribution in [-0.4, -0.2) is 33.6 Å². The third-order valence-electron chi connectivity index (χ3n) is 3.21. The lowest BCUT2D eigenvalue weighted by molar-refractivity contribution is -0.303. The molecule has 0 saturated heterocycles. The van der Waals surface area contributed by atoms with Gasteiger partial charge >= 0.3 is 6.18 Å². The lowest BCUT2D eigenvalue weighted by atomic mass is 9.99. The number of halogens is 3. The molecule has 1 N–H and O–H groups in total. The van der Waals surface area contributed by atoms with E-state index in [4.69, 9.17) is 0 Å². The van der Waals surface area contributed by atoms with Crippen molar-refractivity contribution in [3.63, 3.8) is 0 Å². The molecule has 20 heavy (non-hydrogen) atoms. The van der Waals surface area contributed by atoms with E-state index in [1.807, 2.05) is 13.8 Å². The molecule has 1 amide bonds. The van der Waals surface area contributed by atoms with Crippen molar-refractivity contribution in [2.45, 2.75) is 58.9 Å². The molecule has 1 aliphatic rings. The Bertz CT molecular complexity index is 405. The van der Waals surface area contributed by atoms with E-state index in [1.54, 1.807) is 0 Å². The number of carbonyl (C=O) groups excluding carboxylic acids is 1. The fraction of sp³-hybridized carbons (Fsp3) is 0.846. The van der Waals surface area contributed by atoms with Crippen LogP contribution in [0.3, 0.4) is 0 Å². The van der Waals surface area contributed by atoms with Gasteiger partial charge in [0.15, 0.2) is 0 Å². The maximum absolute atomic E-state index is 13.1. The van der Waals surface area contributed by atoms with E-state index in [2.05, 4.69) is 5.10 Å². The predicted molar refractivity (Wildman–Crippen MR) is 68.8 cm³/mol. The zero-order valence-electron chi connectivity index (χ0n) is 12.2. The SMILES string of the molecule is CC(C)CCC1=NN(C(=O)C(C)C)[C@@](O)(C(F)(F)F)C1. The topological polar surface area (TPSA) is 52.9 Å². The molecule has 4 nitrogen and oxygen atoms in total. The molecule has 1 heterocycles. The molecule has 0 radical (unpaired) electrons. The molecule has 0 aromatic heterocycles. The largest absolute Gasteiger partial charge is 0.438 e. The van der Waals surface area contributed by atoms with Gasteiger partial charge in [-0.15, -0.1) is 0 Å². The predicted octanol–water partition coefficient (Wildman–Crippen LogP) is 2.92. The summed E-state index contributed by atoms with van der Waals surface area (Å²) in [5.74, 6) is -1.19. The fourth-order valence-electron chi connectivity index (χ4n) is 1.91. The molecule has 0 fully saturated rings. The van der Waals surface area contributed by atoms with Crippen molar-refractivity contribution in [3.05, 3.63) is 0 Å². The van der Waals surface area contributed by atoms with Gasteiger partial charge in [-0.25, -0.2) is 0 Å². The highest BCUT2D eigenvalue weighted by Crippen LogP contribution is 2.41. The number of hydrogen-bond donors (Lipinski definition) is 1. The number of alkyl halides is 3. The number of hydrogen-bond acceptors (Lipinski definition) is 3. The van der Waals surface area contributed by atoms with E-state index >= 15 is 0 Å². The summed E-state index contributed by atoms with van der Waals surface area (Å²) in [5, 5.41) is 13.9. The average molecular weight is 294 g/mol. The maximum atomic E-state index is 13.1. The number of nitrogens with zero attached hydrogens (tertiary/aromatic N) is 2. The summed E-state index contributed by atoms with van der Waals surface area (Å²) in [6.45, 7) is 6.84. The van der Waals surface area contributed by atoms with Crippen molar-refractivity contribution in [2.75, 3.05) is 0 Å². The Balaban J connectivity index is 3.01. The van der Waals surface area contributed by atoms with Gasteiger partial charge in [-0.2, -0.15) is 23.3 Å². The number of rotatable bonds is 4. The van der Waals surface area contributed by atoms with Crippen LogP contribution in [0.25, 0.3) is 0 Å². The van der Waals surface area contributed by atoms with Gasteiger partial charge in [-0.3, -0.25) is 4.79 Å². The molecule has 1 rings (SSSR count). The van der Waals surface area contributed by atoms with Gasteiger partial charge in [0.25, 0.3) is 5.72 Å². The van der Waals surface area contributed by atoms with Crippen molar-refractivity contribution in [1.82, 2.24) is 5.01 Å². The van der Waals surface area contributed by atoms with Gasteiger partial charge in [-0.05, 0) is 18.8 Å². The minimum absolute atomic E-state index is 0.215.